The van der Waals surface area contributed by atoms with Crippen LogP contribution in [0.15, 0.2) is 145 Å². The van der Waals surface area contributed by atoms with Gasteiger partial charge in [0, 0.05) is 12.1 Å². The Hall–Kier alpha value is -7.53. The number of methoxy groups -OCH3 is 1. The van der Waals surface area contributed by atoms with Crippen molar-refractivity contribution in [3.8, 4) is 17.6 Å². The zero-order valence-corrected chi connectivity index (χ0v) is 38.6. The molecule has 1 spiro atoms. The predicted octanol–water partition coefficient (Wildman–Crippen LogP) is 7.67. The van der Waals surface area contributed by atoms with E-state index < -0.39 is 83.4 Å². The largest absolute Gasteiger partial charge is 0.508 e. The molecule has 8 unspecified atom stereocenters. The Morgan fingerprint density at radius 2 is 1.49 bits per heavy atom. The van der Waals surface area contributed by atoms with Gasteiger partial charge in [0.25, 0.3) is 0 Å². The van der Waals surface area contributed by atoms with E-state index in [1.54, 1.807) is 74.5 Å². The number of aliphatic hydroxyl groups is 1. The van der Waals surface area contributed by atoms with Crippen LogP contribution >= 0.6 is 0 Å². The normalized spacial score (nSPS) is 23.7. The highest BCUT2D eigenvalue weighted by atomic mass is 16.6. The molecule has 4 amide bonds. The third-order valence-electron chi connectivity index (χ3n) is 13.9. The lowest BCUT2D eigenvalue weighted by molar-refractivity contribution is -0.178. The number of morpholine rings is 1. The van der Waals surface area contributed by atoms with Crippen LogP contribution in [0.5, 0.6) is 5.75 Å². The molecule has 13 heteroatoms. The summed E-state index contributed by atoms with van der Waals surface area (Å²) >= 11 is 0. The predicted molar refractivity (Wildman–Crippen MR) is 257 cm³/mol. The maximum atomic E-state index is 16.6. The van der Waals surface area contributed by atoms with Gasteiger partial charge in [0.05, 0.1) is 36.9 Å². The molecule has 5 aromatic rings. The Morgan fingerprint density at radius 1 is 0.826 bits per heavy atom. The molecule has 5 aromatic carbocycles. The van der Waals surface area contributed by atoms with Crippen LogP contribution in [-0.2, 0) is 34.1 Å². The van der Waals surface area contributed by atoms with Gasteiger partial charge in [0.15, 0.2) is 0 Å². The molecule has 352 valence electrons. The number of cyclic esters (lactones) is 1. The molecule has 3 aliphatic heterocycles. The number of aliphatic hydroxyl groups excluding tert-OH is 1. The minimum atomic E-state index is -2.13. The third kappa shape index (κ3) is 8.55. The summed E-state index contributed by atoms with van der Waals surface area (Å²) in [4.78, 5) is 78.7. The van der Waals surface area contributed by atoms with E-state index in [1.807, 2.05) is 65.6 Å². The second-order valence-electron chi connectivity index (χ2n) is 18.3. The highest BCUT2D eigenvalue weighted by Gasteiger charge is 2.75. The second kappa shape index (κ2) is 19.6. The van der Waals surface area contributed by atoms with Crippen LogP contribution in [0.25, 0.3) is 0 Å². The number of aromatic hydroxyl groups is 1. The van der Waals surface area contributed by atoms with Gasteiger partial charge in [-0.25, -0.2) is 14.5 Å². The summed E-state index contributed by atoms with van der Waals surface area (Å²) in [5.41, 5.74) is 2.02. The van der Waals surface area contributed by atoms with Crippen molar-refractivity contribution < 1.29 is 43.7 Å². The summed E-state index contributed by atoms with van der Waals surface area (Å²) in [6.07, 6.45) is 3.77. The number of esters is 2. The number of nitrogens with one attached hydrogen (secondary N) is 2. The molecule has 0 saturated carbocycles. The number of ether oxygens (including phenoxy) is 2. The van der Waals surface area contributed by atoms with Gasteiger partial charge in [0.2, 0.25) is 11.8 Å². The van der Waals surface area contributed by atoms with Crippen LogP contribution in [0.2, 0.25) is 0 Å². The molecule has 1 aliphatic carbocycles. The Balaban J connectivity index is 1.33. The highest BCUT2D eigenvalue weighted by Crippen LogP contribution is 2.66. The zero-order chi connectivity index (χ0) is 48.4. The second-order valence-corrected chi connectivity index (χ2v) is 18.3. The van der Waals surface area contributed by atoms with Crippen LogP contribution in [0.1, 0.15) is 97.2 Å². The number of rotatable bonds is 10. The lowest BCUT2D eigenvalue weighted by Crippen LogP contribution is -2.58. The molecule has 2 fully saturated rings. The number of hydrogen-bond donors (Lipinski definition) is 4. The molecule has 13 nitrogen and oxygen atoms in total. The summed E-state index contributed by atoms with van der Waals surface area (Å²) in [5, 5.41) is 27.9. The Labute approximate surface area is 401 Å². The molecular formula is C56H54N4O9. The average molecular weight is 927 g/mol. The third-order valence-corrected chi connectivity index (χ3v) is 13.9. The number of amides is 4. The standard InChI is InChI=1S/C56H54N4O9/c1-34(2)46(52(64)68-3)58-55(67)59-43-31-26-36(25-24-35-16-8-4-9-17-35)32-42(43)56(54(59)66)45(51(63)57-33-44(62)37-18-10-5-11-19-37)48-53(65)69-49(39-22-14-7-15-23-39)47(38-20-12-6-13-21-38)60(48)50(56)40-27-29-41(61)30-28-40/h5-7,10-16,18-23,26-32,34,44-50,61-62H,4,8-9,17,33H2,1-3H3,(H,57,63)(H,58,67). The van der Waals surface area contributed by atoms with E-state index in [4.69, 9.17) is 9.47 Å². The number of carbonyl (C=O) groups excluding carboxylic acids is 5. The van der Waals surface area contributed by atoms with E-state index in [0.717, 1.165) is 36.2 Å². The van der Waals surface area contributed by atoms with Crippen LogP contribution in [0, 0.1) is 23.7 Å². The van der Waals surface area contributed by atoms with Gasteiger partial charge in [0.1, 0.15) is 29.4 Å². The molecule has 4 N–H and O–H groups in total. The van der Waals surface area contributed by atoms with Crippen LogP contribution in [-0.4, -0.2) is 70.6 Å². The number of hydrogen-bond acceptors (Lipinski definition) is 10. The molecule has 69 heavy (non-hydrogen) atoms. The number of phenolic OH excluding ortho intramolecular Hbond substituents is 1. The lowest BCUT2D eigenvalue weighted by Gasteiger charge is -2.46. The Kier molecular flexibility index (Phi) is 13.2. The number of urea groups is 1. The number of carbonyl (C=O) groups is 5. The van der Waals surface area contributed by atoms with Crippen molar-refractivity contribution in [2.24, 2.45) is 11.8 Å². The van der Waals surface area contributed by atoms with Gasteiger partial charge in [-0.15, -0.1) is 0 Å². The monoisotopic (exact) mass is 926 g/mol. The highest BCUT2D eigenvalue weighted by molar-refractivity contribution is 6.25. The first-order valence-electron chi connectivity index (χ1n) is 23.4. The molecule has 3 heterocycles. The number of imide groups is 1. The van der Waals surface area contributed by atoms with Crippen LogP contribution in [0.3, 0.4) is 0 Å². The van der Waals surface area contributed by atoms with Crippen LogP contribution < -0.4 is 15.5 Å². The quantitative estimate of drug-likeness (QED) is 0.0804. The summed E-state index contributed by atoms with van der Waals surface area (Å²) in [7, 11) is 1.21. The Morgan fingerprint density at radius 3 is 2.13 bits per heavy atom. The van der Waals surface area contributed by atoms with Crippen molar-refractivity contribution >= 4 is 35.5 Å². The molecule has 2 saturated heterocycles. The molecule has 0 radical (unpaired) electrons. The zero-order valence-electron chi connectivity index (χ0n) is 38.6. The van der Waals surface area contributed by atoms with Gasteiger partial charge in [-0.05, 0) is 95.3 Å². The minimum absolute atomic E-state index is 0.0670. The summed E-state index contributed by atoms with van der Waals surface area (Å²) in [6, 6.07) is 33.0. The van der Waals surface area contributed by atoms with Crippen molar-refractivity contribution in [2.75, 3.05) is 18.6 Å². The maximum absolute atomic E-state index is 16.6. The van der Waals surface area contributed by atoms with Crippen molar-refractivity contribution in [3.05, 3.63) is 178 Å². The van der Waals surface area contributed by atoms with Gasteiger partial charge in [-0.1, -0.05) is 135 Å². The smallest absolute Gasteiger partial charge is 0.329 e. The van der Waals surface area contributed by atoms with E-state index in [9.17, 15) is 15.0 Å². The number of allylic oxidation sites excluding steroid dienone is 2. The summed E-state index contributed by atoms with van der Waals surface area (Å²) < 4.78 is 11.6. The summed E-state index contributed by atoms with van der Waals surface area (Å²) in [5.74, 6) is 1.32. The fourth-order valence-corrected chi connectivity index (χ4v) is 10.7. The van der Waals surface area contributed by atoms with E-state index in [2.05, 4.69) is 28.6 Å². The first-order valence-corrected chi connectivity index (χ1v) is 23.4. The van der Waals surface area contributed by atoms with Crippen molar-refractivity contribution in [3.63, 3.8) is 0 Å². The van der Waals surface area contributed by atoms with Crippen LogP contribution in [0.4, 0.5) is 10.5 Å². The molecule has 0 bridgehead atoms. The fourth-order valence-electron chi connectivity index (χ4n) is 10.7. The average Bonchev–Trinajstić information content (AvgIpc) is 3.83. The molecule has 4 aliphatic rings. The van der Waals surface area contributed by atoms with Gasteiger partial charge >= 0.3 is 18.0 Å². The molecule has 9 rings (SSSR count). The number of fused-ring (bicyclic) bond motifs is 3. The first-order chi connectivity index (χ1) is 33.4. The summed E-state index contributed by atoms with van der Waals surface area (Å²) in [6.45, 7) is 3.17. The minimum Gasteiger partial charge on any atom is -0.508 e. The molecule has 8 atom stereocenters. The first kappa shape index (κ1) is 46.6. The van der Waals surface area contributed by atoms with E-state index in [-0.39, 0.29) is 23.5 Å². The van der Waals surface area contributed by atoms with Gasteiger partial charge in [-0.3, -0.25) is 19.3 Å². The lowest BCUT2D eigenvalue weighted by atomic mass is 9.65. The van der Waals surface area contributed by atoms with E-state index >= 15 is 19.2 Å². The molecule has 0 aromatic heterocycles. The maximum Gasteiger partial charge on any atom is 0.329 e. The van der Waals surface area contributed by atoms with E-state index in [1.165, 1.54) is 19.2 Å². The topological polar surface area (TPSA) is 175 Å². The Bertz CT molecular complexity index is 2840. The van der Waals surface area contributed by atoms with Crippen molar-refractivity contribution in [1.82, 2.24) is 15.5 Å². The number of phenols is 1. The SMILES string of the molecule is COC(=O)C(NC(=O)N1C(=O)C2(c3cc(C#CC4=CCCCC4)ccc31)C(C(=O)NCC(O)c1ccccc1)C1C(=O)OC(c3ccccc3)C(c3ccccc3)N1C2c1ccc(O)cc1)C(C)C. The number of nitrogens with zero attached hydrogens (tertiary/aromatic N) is 2. The molecular weight excluding hydrogens is 873 g/mol. The van der Waals surface area contributed by atoms with Crippen molar-refractivity contribution in [1.29, 1.82) is 0 Å². The van der Waals surface area contributed by atoms with E-state index in [0.29, 0.717) is 27.8 Å². The number of benzene rings is 5. The fraction of sp³-hybridized carbons (Fsp3) is 0.304. The van der Waals surface area contributed by atoms with Gasteiger partial charge < -0.3 is 30.3 Å². The van der Waals surface area contributed by atoms with Crippen molar-refractivity contribution in [2.45, 2.75) is 81.3 Å². The van der Waals surface area contributed by atoms with Gasteiger partial charge in [-0.2, -0.15) is 0 Å². The number of anilines is 1.